The maximum absolute atomic E-state index is 8.83. The van der Waals surface area contributed by atoms with Gasteiger partial charge in [0.05, 0.1) is 6.04 Å². The molecular formula is C7H17NO2. The van der Waals surface area contributed by atoms with Crippen LogP contribution in [0.2, 0.25) is 0 Å². The number of aliphatic hydroxyl groups is 2. The number of hydrogen-bond acceptors (Lipinski definition) is 3. The minimum absolute atomic E-state index is 0.120. The second kappa shape index (κ2) is 4.66. The zero-order chi connectivity index (χ0) is 8.15. The summed E-state index contributed by atoms with van der Waals surface area (Å²) in [5, 5.41) is 17.7. The predicted molar refractivity (Wildman–Crippen MR) is 40.6 cm³/mol. The van der Waals surface area contributed by atoms with Crippen molar-refractivity contribution in [3.8, 4) is 0 Å². The Labute approximate surface area is 62.3 Å². The van der Waals surface area contributed by atoms with Gasteiger partial charge in [0.15, 0.2) is 6.29 Å². The normalized spacial score (nSPS) is 14.7. The maximum atomic E-state index is 8.83. The summed E-state index contributed by atoms with van der Waals surface area (Å²) >= 11 is 0. The van der Waals surface area contributed by atoms with Crippen LogP contribution in [0.25, 0.3) is 0 Å². The van der Waals surface area contributed by atoms with Crippen molar-refractivity contribution in [2.24, 2.45) is 0 Å². The topological polar surface area (TPSA) is 43.7 Å². The Kier molecular flexibility index (Phi) is 4.60. The van der Waals surface area contributed by atoms with Crippen LogP contribution in [0.1, 0.15) is 19.8 Å². The molecule has 0 aromatic rings. The first-order chi connectivity index (χ1) is 4.59. The zero-order valence-corrected chi connectivity index (χ0v) is 6.91. The molecule has 0 aromatic heterocycles. The number of rotatable bonds is 4. The highest BCUT2D eigenvalue weighted by Gasteiger charge is 2.16. The lowest BCUT2D eigenvalue weighted by atomic mass is 10.1. The molecule has 62 valence electrons. The second-order valence-corrected chi connectivity index (χ2v) is 2.73. The van der Waals surface area contributed by atoms with E-state index in [0.717, 1.165) is 12.8 Å². The van der Waals surface area contributed by atoms with E-state index in [-0.39, 0.29) is 6.04 Å². The summed E-state index contributed by atoms with van der Waals surface area (Å²) in [6.45, 7) is 2.03. The van der Waals surface area contributed by atoms with Crippen LogP contribution >= 0.6 is 0 Å². The van der Waals surface area contributed by atoms with Gasteiger partial charge < -0.3 is 15.1 Å². The summed E-state index contributed by atoms with van der Waals surface area (Å²) < 4.78 is 0. The van der Waals surface area contributed by atoms with Crippen molar-refractivity contribution >= 4 is 0 Å². The van der Waals surface area contributed by atoms with Crippen LogP contribution in [-0.2, 0) is 0 Å². The molecule has 0 saturated carbocycles. The van der Waals surface area contributed by atoms with E-state index in [4.69, 9.17) is 10.2 Å². The number of nitrogens with zero attached hydrogens (tertiary/aromatic N) is 1. The summed E-state index contributed by atoms with van der Waals surface area (Å²) in [6.07, 6.45) is 0.584. The summed E-state index contributed by atoms with van der Waals surface area (Å²) in [7, 11) is 3.69. The average molecular weight is 147 g/mol. The highest BCUT2D eigenvalue weighted by molar-refractivity contribution is 4.66. The predicted octanol–water partition coefficient (Wildman–Crippen LogP) is 0.0274. The molecule has 3 heteroatoms. The zero-order valence-electron chi connectivity index (χ0n) is 6.91. The van der Waals surface area contributed by atoms with Crippen LogP contribution in [0.15, 0.2) is 0 Å². The minimum atomic E-state index is -1.21. The minimum Gasteiger partial charge on any atom is -0.367 e. The van der Waals surface area contributed by atoms with Crippen molar-refractivity contribution in [2.45, 2.75) is 32.1 Å². The molecule has 3 nitrogen and oxygen atoms in total. The molecule has 0 aliphatic carbocycles. The van der Waals surface area contributed by atoms with Gasteiger partial charge in [-0.25, -0.2) is 0 Å². The van der Waals surface area contributed by atoms with Crippen LogP contribution in [0.5, 0.6) is 0 Å². The maximum Gasteiger partial charge on any atom is 0.167 e. The smallest absolute Gasteiger partial charge is 0.167 e. The molecule has 1 atom stereocenters. The van der Waals surface area contributed by atoms with Crippen molar-refractivity contribution in [2.75, 3.05) is 14.1 Å². The fraction of sp³-hybridized carbons (Fsp3) is 1.00. The van der Waals surface area contributed by atoms with E-state index < -0.39 is 6.29 Å². The van der Waals surface area contributed by atoms with Gasteiger partial charge in [-0.15, -0.1) is 0 Å². The van der Waals surface area contributed by atoms with Gasteiger partial charge >= 0.3 is 0 Å². The monoisotopic (exact) mass is 147 g/mol. The fourth-order valence-electron chi connectivity index (χ4n) is 0.970. The molecule has 0 amide bonds. The lowest BCUT2D eigenvalue weighted by Crippen LogP contribution is -2.38. The van der Waals surface area contributed by atoms with Crippen molar-refractivity contribution < 1.29 is 10.2 Å². The molecule has 10 heavy (non-hydrogen) atoms. The first-order valence-corrected chi connectivity index (χ1v) is 3.62. The Morgan fingerprint density at radius 1 is 1.30 bits per heavy atom. The molecular weight excluding hydrogens is 130 g/mol. The quantitative estimate of drug-likeness (QED) is 0.551. The SMILES string of the molecule is CCCC(C(O)O)N(C)C. The highest BCUT2D eigenvalue weighted by Crippen LogP contribution is 2.05. The standard InChI is InChI=1S/C7H17NO2/c1-4-5-6(7(9)10)8(2)3/h6-7,9-10H,4-5H2,1-3H3. The largest absolute Gasteiger partial charge is 0.367 e. The van der Waals surface area contributed by atoms with Crippen molar-refractivity contribution in [1.29, 1.82) is 0 Å². The molecule has 0 saturated heterocycles. The lowest BCUT2D eigenvalue weighted by Gasteiger charge is -2.24. The summed E-state index contributed by atoms with van der Waals surface area (Å²) in [6, 6.07) is -0.120. The molecule has 0 spiro atoms. The molecule has 0 radical (unpaired) electrons. The van der Waals surface area contributed by atoms with Crippen molar-refractivity contribution in [1.82, 2.24) is 4.90 Å². The lowest BCUT2D eigenvalue weighted by molar-refractivity contribution is -0.0930. The Hall–Kier alpha value is -0.120. The van der Waals surface area contributed by atoms with E-state index in [1.165, 1.54) is 0 Å². The molecule has 0 aliphatic heterocycles. The molecule has 0 bridgehead atoms. The fourth-order valence-corrected chi connectivity index (χ4v) is 0.970. The first-order valence-electron chi connectivity index (χ1n) is 3.62. The molecule has 2 N–H and O–H groups in total. The third-order valence-electron chi connectivity index (χ3n) is 1.59. The summed E-state index contributed by atoms with van der Waals surface area (Å²) in [5.74, 6) is 0. The molecule has 0 heterocycles. The van der Waals surface area contributed by atoms with Crippen LogP contribution in [-0.4, -0.2) is 41.5 Å². The third kappa shape index (κ3) is 3.15. The van der Waals surface area contributed by atoms with Gasteiger partial charge in [0.2, 0.25) is 0 Å². The van der Waals surface area contributed by atoms with Gasteiger partial charge in [0.25, 0.3) is 0 Å². The number of hydrogen-bond donors (Lipinski definition) is 2. The molecule has 0 fully saturated rings. The van der Waals surface area contributed by atoms with Crippen molar-refractivity contribution in [3.05, 3.63) is 0 Å². The Balaban J connectivity index is 3.73. The van der Waals surface area contributed by atoms with Crippen LogP contribution < -0.4 is 0 Å². The summed E-state index contributed by atoms with van der Waals surface area (Å²) in [4.78, 5) is 1.83. The van der Waals surface area contributed by atoms with Crippen LogP contribution in [0.4, 0.5) is 0 Å². The van der Waals surface area contributed by atoms with E-state index in [2.05, 4.69) is 0 Å². The van der Waals surface area contributed by atoms with Gasteiger partial charge in [-0.1, -0.05) is 13.3 Å². The van der Waals surface area contributed by atoms with Gasteiger partial charge in [0.1, 0.15) is 0 Å². The molecule has 1 unspecified atom stereocenters. The third-order valence-corrected chi connectivity index (χ3v) is 1.59. The van der Waals surface area contributed by atoms with Gasteiger partial charge in [0, 0.05) is 0 Å². The van der Waals surface area contributed by atoms with Crippen molar-refractivity contribution in [3.63, 3.8) is 0 Å². The average Bonchev–Trinajstić information content (AvgIpc) is 1.81. The Morgan fingerprint density at radius 2 is 1.80 bits per heavy atom. The molecule has 0 aliphatic rings. The summed E-state index contributed by atoms with van der Waals surface area (Å²) in [5.41, 5.74) is 0. The van der Waals surface area contributed by atoms with Gasteiger partial charge in [-0.05, 0) is 20.5 Å². The van der Waals surface area contributed by atoms with Crippen LogP contribution in [0, 0.1) is 0 Å². The van der Waals surface area contributed by atoms with Gasteiger partial charge in [-0.3, -0.25) is 0 Å². The van der Waals surface area contributed by atoms with E-state index in [1.54, 1.807) is 0 Å². The van der Waals surface area contributed by atoms with E-state index >= 15 is 0 Å². The number of likely N-dealkylation sites (N-methyl/N-ethyl adjacent to an activating group) is 1. The Bertz CT molecular complexity index is 75.7. The number of aliphatic hydroxyl groups excluding tert-OH is 1. The van der Waals surface area contributed by atoms with E-state index in [1.807, 2.05) is 25.9 Å². The molecule has 0 aromatic carbocycles. The Morgan fingerprint density at radius 3 is 1.90 bits per heavy atom. The van der Waals surface area contributed by atoms with E-state index in [9.17, 15) is 0 Å². The highest BCUT2D eigenvalue weighted by atomic mass is 16.5. The van der Waals surface area contributed by atoms with E-state index in [0.29, 0.717) is 0 Å². The van der Waals surface area contributed by atoms with Gasteiger partial charge in [-0.2, -0.15) is 0 Å². The first kappa shape index (κ1) is 9.88. The molecule has 0 rings (SSSR count). The second-order valence-electron chi connectivity index (χ2n) is 2.73. The van der Waals surface area contributed by atoms with Crippen LogP contribution in [0.3, 0.4) is 0 Å².